The Labute approximate surface area is 129 Å². The molecule has 114 valence electrons. The summed E-state index contributed by atoms with van der Waals surface area (Å²) in [6.45, 7) is 3.99. The van der Waals surface area contributed by atoms with Crippen LogP contribution in [0.2, 0.25) is 0 Å². The standard InChI is InChI=1S/C18H18O4/c1-3-5-13-8-9-16(17(11-13)21-2)22-12-14-6-4-7-15(10-14)18(19)20/h3-4,6-11H,1,5,12H2,2H3,(H,19,20). The second-order valence-corrected chi connectivity index (χ2v) is 4.77. The van der Waals surface area contributed by atoms with Crippen LogP contribution in [0.1, 0.15) is 21.5 Å². The first-order chi connectivity index (χ1) is 10.6. The topological polar surface area (TPSA) is 55.8 Å². The van der Waals surface area contributed by atoms with Crippen molar-refractivity contribution in [3.8, 4) is 11.5 Å². The van der Waals surface area contributed by atoms with Crippen molar-refractivity contribution in [1.82, 2.24) is 0 Å². The Balaban J connectivity index is 2.12. The number of carbonyl (C=O) groups is 1. The molecule has 1 N–H and O–H groups in total. The van der Waals surface area contributed by atoms with Crippen LogP contribution in [-0.4, -0.2) is 18.2 Å². The minimum Gasteiger partial charge on any atom is -0.493 e. The van der Waals surface area contributed by atoms with Gasteiger partial charge in [-0.1, -0.05) is 24.3 Å². The molecule has 4 heteroatoms. The van der Waals surface area contributed by atoms with Crippen molar-refractivity contribution in [2.45, 2.75) is 13.0 Å². The van der Waals surface area contributed by atoms with Crippen LogP contribution >= 0.6 is 0 Å². The van der Waals surface area contributed by atoms with E-state index in [9.17, 15) is 4.79 Å². The van der Waals surface area contributed by atoms with E-state index < -0.39 is 5.97 Å². The van der Waals surface area contributed by atoms with Gasteiger partial charge < -0.3 is 14.6 Å². The third kappa shape index (κ3) is 3.88. The van der Waals surface area contributed by atoms with Crippen LogP contribution < -0.4 is 9.47 Å². The Bertz CT molecular complexity index is 677. The molecule has 0 heterocycles. The lowest BCUT2D eigenvalue weighted by atomic mass is 10.1. The van der Waals surface area contributed by atoms with Gasteiger partial charge in [-0.15, -0.1) is 6.58 Å². The summed E-state index contributed by atoms with van der Waals surface area (Å²) >= 11 is 0. The highest BCUT2D eigenvalue weighted by Gasteiger charge is 2.07. The summed E-state index contributed by atoms with van der Waals surface area (Å²) in [6, 6.07) is 12.4. The van der Waals surface area contributed by atoms with Crippen molar-refractivity contribution in [3.63, 3.8) is 0 Å². The number of ether oxygens (including phenoxy) is 2. The molecule has 0 aliphatic rings. The highest BCUT2D eigenvalue weighted by atomic mass is 16.5. The second kappa shape index (κ2) is 7.31. The van der Waals surface area contributed by atoms with Crippen LogP contribution in [0, 0.1) is 0 Å². The molecule has 0 amide bonds. The molecule has 0 unspecified atom stereocenters. The average Bonchev–Trinajstić information content (AvgIpc) is 2.54. The van der Waals surface area contributed by atoms with E-state index in [1.807, 2.05) is 30.3 Å². The molecule has 4 nitrogen and oxygen atoms in total. The Kier molecular flexibility index (Phi) is 5.20. The van der Waals surface area contributed by atoms with Gasteiger partial charge in [0.05, 0.1) is 12.7 Å². The van der Waals surface area contributed by atoms with Crippen LogP contribution in [0.3, 0.4) is 0 Å². The molecule has 0 aliphatic heterocycles. The summed E-state index contributed by atoms with van der Waals surface area (Å²) in [5, 5.41) is 8.99. The van der Waals surface area contributed by atoms with Crippen LogP contribution in [-0.2, 0) is 13.0 Å². The zero-order valence-corrected chi connectivity index (χ0v) is 12.4. The summed E-state index contributed by atoms with van der Waals surface area (Å²) in [7, 11) is 1.59. The maximum atomic E-state index is 11.0. The third-order valence-corrected chi connectivity index (χ3v) is 3.18. The molecule has 0 fully saturated rings. The second-order valence-electron chi connectivity index (χ2n) is 4.77. The molecule has 0 atom stereocenters. The van der Waals surface area contributed by atoms with E-state index in [1.54, 1.807) is 25.3 Å². The van der Waals surface area contributed by atoms with Crippen molar-refractivity contribution in [3.05, 3.63) is 71.8 Å². The predicted octanol–water partition coefficient (Wildman–Crippen LogP) is 3.70. The van der Waals surface area contributed by atoms with Gasteiger partial charge in [0.2, 0.25) is 0 Å². The molecular formula is C18H18O4. The van der Waals surface area contributed by atoms with Gasteiger partial charge in [0.25, 0.3) is 0 Å². The minimum atomic E-state index is -0.951. The summed E-state index contributed by atoms with van der Waals surface area (Å²) in [5.41, 5.74) is 2.12. The van der Waals surface area contributed by atoms with Gasteiger partial charge >= 0.3 is 5.97 Å². The summed E-state index contributed by atoms with van der Waals surface area (Å²) in [6.07, 6.45) is 2.59. The lowest BCUT2D eigenvalue weighted by Crippen LogP contribution is -2.01. The number of hydrogen-bond donors (Lipinski definition) is 1. The first kappa shape index (κ1) is 15.6. The minimum absolute atomic E-state index is 0.245. The van der Waals surface area contributed by atoms with E-state index in [0.717, 1.165) is 17.5 Å². The van der Waals surface area contributed by atoms with Crippen molar-refractivity contribution in [2.24, 2.45) is 0 Å². The Hall–Kier alpha value is -2.75. The molecule has 0 bridgehead atoms. The van der Waals surface area contributed by atoms with E-state index in [2.05, 4.69) is 6.58 Å². The first-order valence-corrected chi connectivity index (χ1v) is 6.87. The molecular weight excluding hydrogens is 280 g/mol. The van der Waals surface area contributed by atoms with E-state index in [4.69, 9.17) is 14.6 Å². The molecule has 0 spiro atoms. The van der Waals surface area contributed by atoms with Gasteiger partial charge in [-0.2, -0.15) is 0 Å². The molecule has 0 aliphatic carbocycles. The number of hydrogen-bond acceptors (Lipinski definition) is 3. The maximum absolute atomic E-state index is 11.0. The quantitative estimate of drug-likeness (QED) is 0.792. The van der Waals surface area contributed by atoms with Gasteiger partial charge in [-0.25, -0.2) is 4.79 Å². The van der Waals surface area contributed by atoms with Crippen LogP contribution in [0.15, 0.2) is 55.1 Å². The number of carboxylic acids is 1. The SMILES string of the molecule is C=CCc1ccc(OCc2cccc(C(=O)O)c2)c(OC)c1. The molecule has 0 saturated heterocycles. The maximum Gasteiger partial charge on any atom is 0.335 e. The summed E-state index contributed by atoms with van der Waals surface area (Å²) < 4.78 is 11.1. The number of carboxylic acid groups (broad SMARTS) is 1. The summed E-state index contributed by atoms with van der Waals surface area (Å²) in [5.74, 6) is 0.318. The van der Waals surface area contributed by atoms with Crippen LogP contribution in [0.5, 0.6) is 11.5 Å². The highest BCUT2D eigenvalue weighted by Crippen LogP contribution is 2.29. The predicted molar refractivity (Wildman–Crippen MR) is 84.6 cm³/mol. The van der Waals surface area contributed by atoms with E-state index >= 15 is 0 Å². The van der Waals surface area contributed by atoms with Crippen LogP contribution in [0.25, 0.3) is 0 Å². The highest BCUT2D eigenvalue weighted by molar-refractivity contribution is 5.87. The number of aromatic carboxylic acids is 1. The molecule has 22 heavy (non-hydrogen) atoms. The van der Waals surface area contributed by atoms with Crippen molar-refractivity contribution >= 4 is 5.97 Å². The number of rotatable bonds is 7. The smallest absolute Gasteiger partial charge is 0.335 e. The molecule has 0 radical (unpaired) electrons. The Morgan fingerprint density at radius 2 is 2.00 bits per heavy atom. The zero-order chi connectivity index (χ0) is 15.9. The van der Waals surface area contributed by atoms with Gasteiger partial charge in [-0.3, -0.25) is 0 Å². The van der Waals surface area contributed by atoms with Crippen molar-refractivity contribution in [1.29, 1.82) is 0 Å². The van der Waals surface area contributed by atoms with Crippen molar-refractivity contribution in [2.75, 3.05) is 7.11 Å². The number of benzene rings is 2. The van der Waals surface area contributed by atoms with Gasteiger partial charge in [0, 0.05) is 0 Å². The van der Waals surface area contributed by atoms with Gasteiger partial charge in [0.1, 0.15) is 6.61 Å². The summed E-state index contributed by atoms with van der Waals surface area (Å²) in [4.78, 5) is 11.0. The van der Waals surface area contributed by atoms with E-state index in [-0.39, 0.29) is 12.2 Å². The first-order valence-electron chi connectivity index (χ1n) is 6.87. The monoisotopic (exact) mass is 298 g/mol. The largest absolute Gasteiger partial charge is 0.493 e. The Morgan fingerprint density at radius 3 is 2.68 bits per heavy atom. The molecule has 0 saturated carbocycles. The Morgan fingerprint density at radius 1 is 1.18 bits per heavy atom. The van der Waals surface area contributed by atoms with Crippen molar-refractivity contribution < 1.29 is 19.4 Å². The molecule has 2 aromatic rings. The van der Waals surface area contributed by atoms with E-state index in [0.29, 0.717) is 11.5 Å². The molecule has 2 rings (SSSR count). The average molecular weight is 298 g/mol. The zero-order valence-electron chi connectivity index (χ0n) is 12.4. The van der Waals surface area contributed by atoms with Gasteiger partial charge in [-0.05, 0) is 41.8 Å². The normalized spacial score (nSPS) is 10.0. The number of methoxy groups -OCH3 is 1. The third-order valence-electron chi connectivity index (χ3n) is 3.18. The van der Waals surface area contributed by atoms with E-state index in [1.165, 1.54) is 0 Å². The molecule has 2 aromatic carbocycles. The fourth-order valence-corrected chi connectivity index (χ4v) is 2.08. The number of allylic oxidation sites excluding steroid dienone is 1. The lowest BCUT2D eigenvalue weighted by Gasteiger charge is -2.12. The fourth-order valence-electron chi connectivity index (χ4n) is 2.08. The van der Waals surface area contributed by atoms with Crippen LogP contribution in [0.4, 0.5) is 0 Å². The lowest BCUT2D eigenvalue weighted by molar-refractivity contribution is 0.0696. The molecule has 0 aromatic heterocycles. The fraction of sp³-hybridized carbons (Fsp3) is 0.167. The van der Waals surface area contributed by atoms with Gasteiger partial charge in [0.15, 0.2) is 11.5 Å².